The van der Waals surface area contributed by atoms with Gasteiger partial charge in [-0.3, -0.25) is 4.79 Å². The van der Waals surface area contributed by atoms with Gasteiger partial charge in [-0.25, -0.2) is 4.98 Å². The number of amides is 1. The number of nitrogens with one attached hydrogen (secondary N) is 1. The number of carbonyl (C=O) groups excluding carboxylic acids is 1. The molecule has 2 bridgehead atoms. The molecule has 192 valence electrons. The fourth-order valence-corrected chi connectivity index (χ4v) is 6.19. The lowest BCUT2D eigenvalue weighted by Gasteiger charge is -2.31. The number of aromatic amines is 1. The van der Waals surface area contributed by atoms with E-state index < -0.39 is 0 Å². The Balaban J connectivity index is 1.41. The Morgan fingerprint density at radius 2 is 1.78 bits per heavy atom. The van der Waals surface area contributed by atoms with E-state index >= 15 is 0 Å². The third-order valence-electron chi connectivity index (χ3n) is 8.48. The fraction of sp³-hybridized carbons (Fsp3) is 0.438. The van der Waals surface area contributed by atoms with Crippen molar-refractivity contribution in [1.29, 1.82) is 0 Å². The van der Waals surface area contributed by atoms with E-state index in [0.29, 0.717) is 13.2 Å². The summed E-state index contributed by atoms with van der Waals surface area (Å²) in [5.74, 6) is 1.18. The highest BCUT2D eigenvalue weighted by Gasteiger charge is 2.55. The van der Waals surface area contributed by atoms with Crippen LogP contribution in [0.1, 0.15) is 74.5 Å². The molecule has 1 N–H and O–H groups in total. The van der Waals surface area contributed by atoms with E-state index in [1.54, 1.807) is 0 Å². The monoisotopic (exact) mass is 495 g/mol. The molecule has 6 rings (SSSR count). The highest BCUT2D eigenvalue weighted by molar-refractivity contribution is 5.85. The minimum absolute atomic E-state index is 0.0342. The third-order valence-corrected chi connectivity index (χ3v) is 8.48. The second kappa shape index (κ2) is 10.3. The molecule has 1 saturated heterocycles. The van der Waals surface area contributed by atoms with Gasteiger partial charge in [0, 0.05) is 18.7 Å². The average Bonchev–Trinajstić information content (AvgIpc) is 3.37. The number of aromatic nitrogens is 2. The van der Waals surface area contributed by atoms with E-state index in [1.165, 1.54) is 12.8 Å². The van der Waals surface area contributed by atoms with Gasteiger partial charge in [0.05, 0.1) is 30.0 Å². The molecule has 3 heterocycles. The third kappa shape index (κ3) is 5.02. The maximum Gasteiger partial charge on any atom is 0.231 e. The fourth-order valence-electron chi connectivity index (χ4n) is 6.19. The summed E-state index contributed by atoms with van der Waals surface area (Å²) in [7, 11) is 0. The first kappa shape index (κ1) is 24.2. The van der Waals surface area contributed by atoms with Crippen molar-refractivity contribution in [2.24, 2.45) is 11.3 Å². The van der Waals surface area contributed by atoms with Crippen LogP contribution in [0.15, 0.2) is 72.8 Å². The molecule has 3 atom stereocenters. The van der Waals surface area contributed by atoms with Gasteiger partial charge in [-0.05, 0) is 55.4 Å². The number of H-pyrrole nitrogens is 1. The summed E-state index contributed by atoms with van der Waals surface area (Å²) in [5.41, 5.74) is 4.39. The first-order valence-electron chi connectivity index (χ1n) is 13.9. The van der Waals surface area contributed by atoms with Gasteiger partial charge in [-0.1, -0.05) is 79.7 Å². The number of hydrogen-bond donors (Lipinski definition) is 1. The zero-order chi connectivity index (χ0) is 25.2. The van der Waals surface area contributed by atoms with E-state index in [2.05, 4.69) is 65.4 Å². The van der Waals surface area contributed by atoms with Crippen LogP contribution in [0.25, 0.3) is 11.3 Å². The Hall–Kier alpha value is -3.18. The van der Waals surface area contributed by atoms with Crippen molar-refractivity contribution in [3.63, 3.8) is 0 Å². The summed E-state index contributed by atoms with van der Waals surface area (Å²) in [6.45, 7) is 4.26. The molecule has 1 aromatic heterocycles. The Bertz CT molecular complexity index is 1250. The van der Waals surface area contributed by atoms with Gasteiger partial charge >= 0.3 is 0 Å². The zero-order valence-electron chi connectivity index (χ0n) is 21.7. The molecular formula is C32H37N3O2. The largest absolute Gasteiger partial charge is 0.375 e. The Morgan fingerprint density at radius 1 is 1.03 bits per heavy atom. The first-order valence-corrected chi connectivity index (χ1v) is 13.9. The van der Waals surface area contributed by atoms with Gasteiger partial charge in [-0.2, -0.15) is 0 Å². The van der Waals surface area contributed by atoms with Crippen LogP contribution in [0.5, 0.6) is 0 Å². The van der Waals surface area contributed by atoms with Crippen molar-refractivity contribution in [1.82, 2.24) is 14.9 Å². The molecule has 1 spiro atoms. The number of nitrogens with zero attached hydrogens (tertiary/aromatic N) is 2. The van der Waals surface area contributed by atoms with Gasteiger partial charge in [0.15, 0.2) is 0 Å². The molecular weight excluding hydrogens is 458 g/mol. The molecule has 2 aliphatic heterocycles. The van der Waals surface area contributed by atoms with Crippen LogP contribution in [0.3, 0.4) is 0 Å². The van der Waals surface area contributed by atoms with E-state index in [0.717, 1.165) is 60.6 Å². The summed E-state index contributed by atoms with van der Waals surface area (Å²) in [4.78, 5) is 25.4. The van der Waals surface area contributed by atoms with E-state index in [1.807, 2.05) is 24.3 Å². The number of allylic oxidation sites excluding steroid dienone is 2. The minimum atomic E-state index is -0.165. The number of imidazole rings is 1. The lowest BCUT2D eigenvalue weighted by atomic mass is 9.83. The van der Waals surface area contributed by atoms with Crippen LogP contribution in [-0.4, -0.2) is 33.9 Å². The topological polar surface area (TPSA) is 58.2 Å². The maximum absolute atomic E-state index is 14.5. The zero-order valence-corrected chi connectivity index (χ0v) is 21.7. The highest BCUT2D eigenvalue weighted by Crippen LogP contribution is 2.59. The normalized spacial score (nSPS) is 25.8. The molecule has 5 nitrogen and oxygen atoms in total. The van der Waals surface area contributed by atoms with Crippen molar-refractivity contribution in [3.05, 3.63) is 89.9 Å². The Morgan fingerprint density at radius 3 is 2.54 bits per heavy atom. The van der Waals surface area contributed by atoms with E-state index in [9.17, 15) is 4.79 Å². The number of rotatable bonds is 2. The van der Waals surface area contributed by atoms with Crippen LogP contribution in [-0.2, 0) is 16.1 Å². The van der Waals surface area contributed by atoms with Crippen molar-refractivity contribution in [2.75, 3.05) is 13.2 Å². The van der Waals surface area contributed by atoms with Gasteiger partial charge in [-0.15, -0.1) is 0 Å². The standard InChI is InChI=1S/C32H37N3O2/c1-23-12-6-2-3-11-19-37-21-26-29(25-15-9-5-10-16-25)34-30(33-26)27-20-32(17-18-32)22-35(27)31(36)28(23)24-13-7-4-8-14-24/h2,4-10,13-16,23,27-28H,3,11-12,17-22H2,1H3,(H,33,34). The lowest BCUT2D eigenvalue weighted by molar-refractivity contribution is -0.135. The number of fused-ring (bicyclic) bond motifs is 4. The predicted octanol–water partition coefficient (Wildman–Crippen LogP) is 6.81. The molecule has 2 fully saturated rings. The van der Waals surface area contributed by atoms with Crippen molar-refractivity contribution in [2.45, 2.75) is 64.0 Å². The quantitative estimate of drug-likeness (QED) is 0.398. The lowest BCUT2D eigenvalue weighted by Crippen LogP contribution is -2.38. The second-order valence-electron chi connectivity index (χ2n) is 11.3. The highest BCUT2D eigenvalue weighted by atomic mass is 16.5. The summed E-state index contributed by atoms with van der Waals surface area (Å²) >= 11 is 0. The molecule has 2 aromatic carbocycles. The average molecular weight is 496 g/mol. The Labute approximate surface area is 220 Å². The number of hydrogen-bond acceptors (Lipinski definition) is 3. The van der Waals surface area contributed by atoms with E-state index in [4.69, 9.17) is 9.72 Å². The van der Waals surface area contributed by atoms with Gasteiger partial charge in [0.1, 0.15) is 5.82 Å². The molecule has 3 unspecified atom stereocenters. The van der Waals surface area contributed by atoms with Crippen LogP contribution >= 0.6 is 0 Å². The second-order valence-corrected chi connectivity index (χ2v) is 11.3. The molecule has 37 heavy (non-hydrogen) atoms. The van der Waals surface area contributed by atoms with Crippen molar-refractivity contribution >= 4 is 5.91 Å². The molecule has 0 radical (unpaired) electrons. The molecule has 3 aliphatic rings. The smallest absolute Gasteiger partial charge is 0.231 e. The van der Waals surface area contributed by atoms with Crippen molar-refractivity contribution < 1.29 is 9.53 Å². The van der Waals surface area contributed by atoms with Crippen LogP contribution < -0.4 is 0 Å². The van der Waals surface area contributed by atoms with Gasteiger partial charge < -0.3 is 14.6 Å². The summed E-state index contributed by atoms with van der Waals surface area (Å²) < 4.78 is 6.09. The molecule has 1 aliphatic carbocycles. The number of carbonyl (C=O) groups is 1. The summed E-state index contributed by atoms with van der Waals surface area (Å²) in [6.07, 6.45) is 10.7. The molecule has 1 amide bonds. The van der Waals surface area contributed by atoms with Crippen LogP contribution in [0, 0.1) is 11.3 Å². The molecule has 1 saturated carbocycles. The minimum Gasteiger partial charge on any atom is -0.375 e. The molecule has 3 aromatic rings. The van der Waals surface area contributed by atoms with Crippen LogP contribution in [0.2, 0.25) is 0 Å². The van der Waals surface area contributed by atoms with E-state index in [-0.39, 0.29) is 29.2 Å². The first-order chi connectivity index (χ1) is 18.1. The maximum atomic E-state index is 14.5. The SMILES string of the molecule is CC1CC=CCCCOCc2[nH]c(nc2-c2ccccc2)C2CC3(CC3)CN2C(=O)C1c1ccccc1. The molecule has 5 heteroatoms. The predicted molar refractivity (Wildman–Crippen MR) is 146 cm³/mol. The van der Waals surface area contributed by atoms with Gasteiger partial charge in [0.25, 0.3) is 0 Å². The van der Waals surface area contributed by atoms with Crippen LogP contribution in [0.4, 0.5) is 0 Å². The number of ether oxygens (including phenoxy) is 1. The van der Waals surface area contributed by atoms with Crippen molar-refractivity contribution in [3.8, 4) is 11.3 Å². The summed E-state index contributed by atoms with van der Waals surface area (Å²) in [5, 5.41) is 0. The summed E-state index contributed by atoms with van der Waals surface area (Å²) in [6, 6.07) is 20.7. The van der Waals surface area contributed by atoms with Gasteiger partial charge in [0.2, 0.25) is 5.91 Å². The Kier molecular flexibility index (Phi) is 6.72. The number of benzene rings is 2.